The summed E-state index contributed by atoms with van der Waals surface area (Å²) in [6.45, 7) is 4.06. The fraction of sp³-hybridized carbons (Fsp3) is 0.125. The topological polar surface area (TPSA) is 66.0 Å². The Labute approximate surface area is 115 Å². The van der Waals surface area contributed by atoms with Crippen LogP contribution >= 0.6 is 0 Å². The van der Waals surface area contributed by atoms with Crippen LogP contribution in [0.5, 0.6) is 5.75 Å². The van der Waals surface area contributed by atoms with E-state index in [1.165, 1.54) is 17.7 Å². The van der Waals surface area contributed by atoms with Crippen LogP contribution in [-0.4, -0.2) is 15.1 Å². The number of nitrogens with zero attached hydrogens (tertiary/aromatic N) is 1. The van der Waals surface area contributed by atoms with Gasteiger partial charge in [-0.25, -0.2) is 4.98 Å². The Morgan fingerprint density at radius 3 is 2.60 bits per heavy atom. The maximum absolute atomic E-state index is 12.1. The summed E-state index contributed by atoms with van der Waals surface area (Å²) < 4.78 is 0. The monoisotopic (exact) mass is 266 g/mol. The Hall–Kier alpha value is -2.62. The molecule has 0 radical (unpaired) electrons. The molecular weight excluding hydrogens is 252 g/mol. The van der Waals surface area contributed by atoms with Crippen molar-refractivity contribution >= 4 is 10.9 Å². The highest BCUT2D eigenvalue weighted by molar-refractivity contribution is 5.80. The highest BCUT2D eigenvalue weighted by Gasteiger charge is 2.07. The summed E-state index contributed by atoms with van der Waals surface area (Å²) in [6.07, 6.45) is 0. The van der Waals surface area contributed by atoms with Crippen LogP contribution in [0, 0.1) is 13.8 Å². The summed E-state index contributed by atoms with van der Waals surface area (Å²) in [5.41, 5.74) is 3.54. The second kappa shape index (κ2) is 4.49. The summed E-state index contributed by atoms with van der Waals surface area (Å²) >= 11 is 0. The number of fused-ring (bicyclic) bond motifs is 1. The highest BCUT2D eigenvalue weighted by atomic mass is 16.3. The SMILES string of the molecule is Cc1ccc(-c2nc3ccc(O)cc3c(=O)[nH]2)cc1C. The predicted molar refractivity (Wildman–Crippen MR) is 78.9 cm³/mol. The quantitative estimate of drug-likeness (QED) is 0.711. The summed E-state index contributed by atoms with van der Waals surface area (Å²) in [4.78, 5) is 19.3. The third-order valence-corrected chi connectivity index (χ3v) is 3.47. The van der Waals surface area contributed by atoms with E-state index < -0.39 is 0 Å². The first-order valence-electron chi connectivity index (χ1n) is 6.35. The van der Waals surface area contributed by atoms with E-state index in [4.69, 9.17) is 0 Å². The molecule has 0 fully saturated rings. The van der Waals surface area contributed by atoms with Crippen LogP contribution in [0.15, 0.2) is 41.2 Å². The van der Waals surface area contributed by atoms with Gasteiger partial charge < -0.3 is 10.1 Å². The Morgan fingerprint density at radius 1 is 1.05 bits per heavy atom. The van der Waals surface area contributed by atoms with E-state index in [1.807, 2.05) is 32.0 Å². The maximum Gasteiger partial charge on any atom is 0.259 e. The normalized spacial score (nSPS) is 10.9. The van der Waals surface area contributed by atoms with Gasteiger partial charge in [-0.1, -0.05) is 12.1 Å². The van der Waals surface area contributed by atoms with Gasteiger partial charge in [-0.05, 0) is 49.2 Å². The first-order valence-corrected chi connectivity index (χ1v) is 6.35. The molecular formula is C16H14N2O2. The molecule has 3 aromatic rings. The van der Waals surface area contributed by atoms with E-state index in [-0.39, 0.29) is 11.3 Å². The number of H-pyrrole nitrogens is 1. The standard InChI is InChI=1S/C16H14N2O2/c1-9-3-4-11(7-10(9)2)15-17-14-6-5-12(19)8-13(14)16(20)18-15/h3-8,19H,1-2H3,(H,17,18,20). The molecule has 1 heterocycles. The molecule has 2 aromatic carbocycles. The molecule has 4 heteroatoms. The molecule has 0 saturated heterocycles. The highest BCUT2D eigenvalue weighted by Crippen LogP contribution is 2.21. The van der Waals surface area contributed by atoms with Crippen molar-refractivity contribution in [2.75, 3.05) is 0 Å². The van der Waals surface area contributed by atoms with E-state index in [9.17, 15) is 9.90 Å². The van der Waals surface area contributed by atoms with Gasteiger partial charge in [-0.2, -0.15) is 0 Å². The molecule has 0 atom stereocenters. The average molecular weight is 266 g/mol. The van der Waals surface area contributed by atoms with Crippen LogP contribution in [-0.2, 0) is 0 Å². The van der Waals surface area contributed by atoms with Gasteiger partial charge in [-0.15, -0.1) is 0 Å². The molecule has 0 unspecified atom stereocenters. The Balaban J connectivity index is 2.24. The van der Waals surface area contributed by atoms with Gasteiger partial charge in [0.15, 0.2) is 0 Å². The number of hydrogen-bond donors (Lipinski definition) is 2. The number of aromatic hydroxyl groups is 1. The third-order valence-electron chi connectivity index (χ3n) is 3.47. The molecule has 0 spiro atoms. The number of aryl methyl sites for hydroxylation is 2. The zero-order valence-corrected chi connectivity index (χ0v) is 11.3. The molecule has 0 bridgehead atoms. The molecule has 2 N–H and O–H groups in total. The van der Waals surface area contributed by atoms with Crippen LogP contribution in [0.4, 0.5) is 0 Å². The smallest absolute Gasteiger partial charge is 0.259 e. The second-order valence-electron chi connectivity index (χ2n) is 4.92. The van der Waals surface area contributed by atoms with Gasteiger partial charge >= 0.3 is 0 Å². The molecule has 100 valence electrons. The lowest BCUT2D eigenvalue weighted by Gasteiger charge is -2.06. The first kappa shape index (κ1) is 12.4. The third kappa shape index (κ3) is 2.05. The van der Waals surface area contributed by atoms with Gasteiger partial charge in [0.2, 0.25) is 0 Å². The van der Waals surface area contributed by atoms with Gasteiger partial charge in [0.1, 0.15) is 11.6 Å². The van der Waals surface area contributed by atoms with Gasteiger partial charge in [-0.3, -0.25) is 4.79 Å². The van der Waals surface area contributed by atoms with E-state index in [1.54, 1.807) is 6.07 Å². The first-order chi connectivity index (χ1) is 9.54. The van der Waals surface area contributed by atoms with Crippen molar-refractivity contribution in [2.24, 2.45) is 0 Å². The molecule has 0 aliphatic heterocycles. The minimum absolute atomic E-state index is 0.0590. The molecule has 0 saturated carbocycles. The van der Waals surface area contributed by atoms with Gasteiger partial charge in [0.05, 0.1) is 10.9 Å². The number of phenolic OH excluding ortho intramolecular Hbond substituents is 1. The van der Waals surface area contributed by atoms with Crippen LogP contribution < -0.4 is 5.56 Å². The Morgan fingerprint density at radius 2 is 1.85 bits per heavy atom. The fourth-order valence-electron chi connectivity index (χ4n) is 2.15. The fourth-order valence-corrected chi connectivity index (χ4v) is 2.15. The van der Waals surface area contributed by atoms with Crippen molar-refractivity contribution in [3.8, 4) is 17.1 Å². The lowest BCUT2D eigenvalue weighted by molar-refractivity contribution is 0.476. The maximum atomic E-state index is 12.1. The molecule has 0 aliphatic rings. The number of aromatic nitrogens is 2. The largest absolute Gasteiger partial charge is 0.508 e. The number of rotatable bonds is 1. The van der Waals surface area contributed by atoms with Crippen molar-refractivity contribution in [3.05, 3.63) is 57.9 Å². The van der Waals surface area contributed by atoms with Crippen molar-refractivity contribution in [2.45, 2.75) is 13.8 Å². The summed E-state index contributed by atoms with van der Waals surface area (Å²) in [5, 5.41) is 9.81. The van der Waals surface area contributed by atoms with Crippen LogP contribution in [0.25, 0.3) is 22.3 Å². The summed E-state index contributed by atoms with van der Waals surface area (Å²) in [5.74, 6) is 0.597. The van der Waals surface area contributed by atoms with Gasteiger partial charge in [0, 0.05) is 5.56 Å². The van der Waals surface area contributed by atoms with Crippen LogP contribution in [0.1, 0.15) is 11.1 Å². The van der Waals surface area contributed by atoms with Crippen molar-refractivity contribution in [1.29, 1.82) is 0 Å². The van der Waals surface area contributed by atoms with E-state index in [0.717, 1.165) is 11.1 Å². The molecule has 0 amide bonds. The minimum Gasteiger partial charge on any atom is -0.508 e. The Bertz CT molecular complexity index is 866. The molecule has 20 heavy (non-hydrogen) atoms. The predicted octanol–water partition coefficient (Wildman–Crippen LogP) is 2.91. The van der Waals surface area contributed by atoms with Crippen LogP contribution in [0.2, 0.25) is 0 Å². The van der Waals surface area contributed by atoms with Crippen molar-refractivity contribution < 1.29 is 5.11 Å². The Kier molecular flexibility index (Phi) is 2.79. The lowest BCUT2D eigenvalue weighted by Crippen LogP contribution is -2.09. The van der Waals surface area contributed by atoms with Crippen LogP contribution in [0.3, 0.4) is 0 Å². The molecule has 1 aromatic heterocycles. The zero-order valence-electron chi connectivity index (χ0n) is 11.3. The number of phenols is 1. The summed E-state index contributed by atoms with van der Waals surface area (Å²) in [7, 11) is 0. The van der Waals surface area contributed by atoms with E-state index in [2.05, 4.69) is 9.97 Å². The summed E-state index contributed by atoms with van der Waals surface area (Å²) in [6, 6.07) is 10.5. The number of hydrogen-bond acceptors (Lipinski definition) is 3. The lowest BCUT2D eigenvalue weighted by atomic mass is 10.1. The van der Waals surface area contributed by atoms with E-state index >= 15 is 0 Å². The second-order valence-corrected chi connectivity index (χ2v) is 4.92. The van der Waals surface area contributed by atoms with E-state index in [0.29, 0.717) is 16.7 Å². The number of nitrogens with one attached hydrogen (secondary N) is 1. The van der Waals surface area contributed by atoms with Gasteiger partial charge in [0.25, 0.3) is 5.56 Å². The number of benzene rings is 2. The molecule has 4 nitrogen and oxygen atoms in total. The molecule has 3 rings (SSSR count). The zero-order chi connectivity index (χ0) is 14.3. The minimum atomic E-state index is -0.251. The average Bonchev–Trinajstić information content (AvgIpc) is 2.42. The van der Waals surface area contributed by atoms with Crippen molar-refractivity contribution in [1.82, 2.24) is 9.97 Å². The number of aromatic amines is 1. The molecule has 0 aliphatic carbocycles. The van der Waals surface area contributed by atoms with Crippen molar-refractivity contribution in [3.63, 3.8) is 0 Å².